The number of aliphatic hydroxyl groups excluding tert-OH is 3. The predicted molar refractivity (Wildman–Crippen MR) is 364 cm³/mol. The number of nitrogens with two attached hydrogens (primary N) is 3. The SMILES string of the molecule is CC[C@H](C)[C@H](NC(=O)[C@@H](NC(=O)[C@@H](NC(=O)[C@H](Cc1ccccc1)NC(=O)[C@H](CCCCN)NC(=O)[C@@H](NC(=O)[C@H](CCCCN)NC(=O)[C@H](CCC(=O)O)NC(=O)[C@@H](NC(=O)[C@@H]1CCCN1C(=O)[C@H](Cc1c[nH]cn1)NC(=O)[C@@H](N)CO)[C@@H](C)O)[C@@H](C)O)[C@@H](C)CC)[C@@H](C)CC)C(=O)O. The van der Waals surface area contributed by atoms with Gasteiger partial charge in [-0.05, 0) is 108 Å². The molecule has 100 heavy (non-hydrogen) atoms. The minimum Gasteiger partial charge on any atom is -0.481 e. The third-order valence-corrected chi connectivity index (χ3v) is 17.8. The van der Waals surface area contributed by atoms with Crippen molar-refractivity contribution in [2.45, 2.75) is 236 Å². The summed E-state index contributed by atoms with van der Waals surface area (Å²) in [6.45, 7) is 12.3. The van der Waals surface area contributed by atoms with Gasteiger partial charge in [-0.3, -0.25) is 57.5 Å². The molecule has 1 aliphatic heterocycles. The zero-order chi connectivity index (χ0) is 74.9. The van der Waals surface area contributed by atoms with Crippen LogP contribution in [0.15, 0.2) is 42.9 Å². The highest BCUT2D eigenvalue weighted by Gasteiger charge is 2.43. The van der Waals surface area contributed by atoms with E-state index in [-0.39, 0.29) is 71.0 Å². The first kappa shape index (κ1) is 85.5. The average molecular weight is 1410 g/mol. The molecule has 560 valence electrons. The number of H-pyrrole nitrogens is 1. The molecular formula is C66H108N16O18. The van der Waals surface area contributed by atoms with E-state index in [1.54, 1.807) is 71.9 Å². The van der Waals surface area contributed by atoms with E-state index in [4.69, 9.17) is 17.2 Å². The standard InChI is InChI=1S/C66H108N16O18/c1-9-35(4)50(61(94)78-51(36(5)10-2)62(95)79-52(66(99)100)37(6)11-3)77-59(92)46(30-40-20-13-12-14-21-40)75-56(89)43(22-15-17-27-67)73-63(96)53(38(7)84)80-58(91)44(23-16-18-28-68)72-57(90)45(25-26-49(86)87)74-64(97)54(39(8)85)81-60(93)48-24-19-29-82(48)65(98)47(31-41-32-70-34-71-41)76-55(88)42(69)33-83/h12-14,20-21,32,34-39,42-48,50-54,83-85H,9-11,15-19,22-31,33,67-69H2,1-8H3,(H,70,71)(H,72,90)(H,73,96)(H,74,97)(H,75,89)(H,76,88)(H,77,92)(H,78,94)(H,79,95)(H,80,91)(H,81,93)(H,86,87)(H,99,100)/t35-,36-,37-,38+,39+,42-,43-,44-,45-,46-,47-,48-,50-,51-,52-,53-,54-/m0/s1. The maximum Gasteiger partial charge on any atom is 0.326 e. The summed E-state index contributed by atoms with van der Waals surface area (Å²) in [5, 5.41) is 76.8. The van der Waals surface area contributed by atoms with Crippen molar-refractivity contribution in [3.63, 3.8) is 0 Å². The first-order valence-electron chi connectivity index (χ1n) is 34.3. The van der Waals surface area contributed by atoms with Gasteiger partial charge in [-0.1, -0.05) is 91.1 Å². The molecule has 1 aromatic heterocycles. The van der Waals surface area contributed by atoms with Gasteiger partial charge in [-0.2, -0.15) is 0 Å². The van der Waals surface area contributed by atoms with Crippen LogP contribution in [0.5, 0.6) is 0 Å². The average Bonchev–Trinajstić information content (AvgIpc) is 1.55. The number of rotatable bonds is 46. The van der Waals surface area contributed by atoms with Crippen LogP contribution >= 0.6 is 0 Å². The first-order chi connectivity index (χ1) is 47.4. The van der Waals surface area contributed by atoms with E-state index in [0.29, 0.717) is 43.4 Å². The number of carboxylic acid groups (broad SMARTS) is 2. The number of likely N-dealkylation sites (tertiary alicyclic amines) is 1. The number of carbonyl (C=O) groups is 13. The summed E-state index contributed by atoms with van der Waals surface area (Å²) < 4.78 is 0. The highest BCUT2D eigenvalue weighted by Crippen LogP contribution is 2.22. The second kappa shape index (κ2) is 43.7. The van der Waals surface area contributed by atoms with Gasteiger partial charge in [0, 0.05) is 32.0 Å². The zero-order valence-electron chi connectivity index (χ0n) is 58.5. The fourth-order valence-electron chi connectivity index (χ4n) is 11.0. The number of unbranched alkanes of at least 4 members (excludes halogenated alkanes) is 2. The number of carbonyl (C=O) groups excluding carboxylic acids is 11. The maximum absolute atomic E-state index is 14.7. The highest BCUT2D eigenvalue weighted by atomic mass is 16.4. The van der Waals surface area contributed by atoms with Crippen LogP contribution in [0.4, 0.5) is 0 Å². The Morgan fingerprint density at radius 3 is 1.44 bits per heavy atom. The van der Waals surface area contributed by atoms with Gasteiger partial charge in [0.25, 0.3) is 0 Å². The lowest BCUT2D eigenvalue weighted by Crippen LogP contribution is -2.63. The molecule has 3 rings (SSSR count). The molecule has 0 spiro atoms. The molecule has 22 N–H and O–H groups in total. The molecule has 0 saturated carbocycles. The summed E-state index contributed by atoms with van der Waals surface area (Å²) in [5.41, 5.74) is 18.2. The van der Waals surface area contributed by atoms with Crippen molar-refractivity contribution in [1.29, 1.82) is 0 Å². The lowest BCUT2D eigenvalue weighted by Gasteiger charge is -2.31. The van der Waals surface area contributed by atoms with Crippen LogP contribution in [0, 0.1) is 17.8 Å². The Kier molecular flexibility index (Phi) is 37.4. The molecule has 0 radical (unpaired) electrons. The number of imidazole rings is 1. The first-order valence-corrected chi connectivity index (χ1v) is 34.3. The molecule has 1 saturated heterocycles. The van der Waals surface area contributed by atoms with Crippen LogP contribution in [0.25, 0.3) is 0 Å². The quantitative estimate of drug-likeness (QED) is 0.0286. The normalized spacial score (nSPS) is 17.7. The fraction of sp³-hybridized carbons (Fsp3) is 0.667. The molecule has 0 bridgehead atoms. The molecule has 1 fully saturated rings. The summed E-state index contributed by atoms with van der Waals surface area (Å²) in [5.74, 6) is -14.4. The lowest BCUT2D eigenvalue weighted by atomic mass is 9.93. The van der Waals surface area contributed by atoms with Crippen molar-refractivity contribution in [3.8, 4) is 0 Å². The van der Waals surface area contributed by atoms with Crippen LogP contribution < -0.4 is 70.4 Å². The highest BCUT2D eigenvalue weighted by molar-refractivity contribution is 6.00. The van der Waals surface area contributed by atoms with Gasteiger partial charge in [0.15, 0.2) is 0 Å². The Morgan fingerprint density at radius 1 is 0.540 bits per heavy atom. The number of aliphatic carboxylic acids is 2. The summed E-state index contributed by atoms with van der Waals surface area (Å²) in [4.78, 5) is 188. The van der Waals surface area contributed by atoms with Gasteiger partial charge in [0.1, 0.15) is 72.5 Å². The summed E-state index contributed by atoms with van der Waals surface area (Å²) >= 11 is 0. The molecule has 0 aliphatic carbocycles. The third kappa shape index (κ3) is 27.4. The summed E-state index contributed by atoms with van der Waals surface area (Å²) in [6.07, 6.45) is 0.112. The Bertz CT molecular complexity index is 3000. The number of aromatic amines is 1. The van der Waals surface area contributed by atoms with E-state index in [9.17, 15) is 87.9 Å². The van der Waals surface area contributed by atoms with Crippen LogP contribution in [0.2, 0.25) is 0 Å². The lowest BCUT2D eigenvalue weighted by molar-refractivity contribution is -0.144. The third-order valence-electron chi connectivity index (χ3n) is 17.8. The van der Waals surface area contributed by atoms with Crippen molar-refractivity contribution < 1.29 is 87.9 Å². The minimum atomic E-state index is -1.86. The van der Waals surface area contributed by atoms with E-state index in [1.165, 1.54) is 12.5 Å². The smallest absolute Gasteiger partial charge is 0.326 e. The molecule has 2 heterocycles. The Labute approximate surface area is 582 Å². The number of carboxylic acids is 2. The van der Waals surface area contributed by atoms with Crippen molar-refractivity contribution in [3.05, 3.63) is 54.1 Å². The second-order valence-corrected chi connectivity index (χ2v) is 25.6. The fourth-order valence-corrected chi connectivity index (χ4v) is 11.0. The van der Waals surface area contributed by atoms with Crippen LogP contribution in [0.1, 0.15) is 150 Å². The topological polar surface area (TPSA) is 553 Å². The van der Waals surface area contributed by atoms with Crippen molar-refractivity contribution >= 4 is 76.9 Å². The van der Waals surface area contributed by atoms with Gasteiger partial charge >= 0.3 is 11.9 Å². The Morgan fingerprint density at radius 2 is 0.970 bits per heavy atom. The molecule has 11 amide bonds. The number of nitrogens with zero attached hydrogens (tertiary/aromatic N) is 2. The molecule has 1 aliphatic rings. The number of nitrogens with one attached hydrogen (secondary N) is 11. The van der Waals surface area contributed by atoms with Crippen molar-refractivity contribution in [2.75, 3.05) is 26.2 Å². The van der Waals surface area contributed by atoms with E-state index < -0.39 is 199 Å². The number of hydrogen-bond donors (Lipinski definition) is 19. The van der Waals surface area contributed by atoms with Gasteiger partial charge in [-0.25, -0.2) is 9.78 Å². The minimum absolute atomic E-state index is 0.0174. The predicted octanol–water partition coefficient (Wildman–Crippen LogP) is -3.54. The van der Waals surface area contributed by atoms with Gasteiger partial charge < -0.3 is 106 Å². The Balaban J connectivity index is 1.93. The van der Waals surface area contributed by atoms with Crippen molar-refractivity contribution in [1.82, 2.24) is 68.0 Å². The number of hydrogen-bond acceptors (Lipinski definition) is 20. The van der Waals surface area contributed by atoms with Gasteiger partial charge in [-0.15, -0.1) is 0 Å². The molecule has 2 aromatic rings. The maximum atomic E-state index is 14.7. The van der Waals surface area contributed by atoms with Crippen LogP contribution in [-0.2, 0) is 75.2 Å². The number of aliphatic hydroxyl groups is 3. The molecule has 1 aromatic carbocycles. The molecule has 17 atom stereocenters. The van der Waals surface area contributed by atoms with E-state index in [0.717, 1.165) is 18.7 Å². The second-order valence-electron chi connectivity index (χ2n) is 25.6. The van der Waals surface area contributed by atoms with E-state index in [1.807, 2.05) is 0 Å². The molecule has 34 heteroatoms. The molecule has 0 unspecified atom stereocenters. The number of amides is 11. The van der Waals surface area contributed by atoms with E-state index in [2.05, 4.69) is 63.1 Å². The molecular weight excluding hydrogens is 1300 g/mol. The Hall–Kier alpha value is -8.70. The number of aromatic nitrogens is 2. The van der Waals surface area contributed by atoms with Gasteiger partial charge in [0.05, 0.1) is 30.8 Å². The van der Waals surface area contributed by atoms with Crippen molar-refractivity contribution in [2.24, 2.45) is 35.0 Å². The number of benzene rings is 1. The van der Waals surface area contributed by atoms with Crippen LogP contribution in [-0.4, -0.2) is 228 Å². The monoisotopic (exact) mass is 1410 g/mol. The largest absolute Gasteiger partial charge is 0.481 e. The van der Waals surface area contributed by atoms with E-state index >= 15 is 0 Å². The zero-order valence-corrected chi connectivity index (χ0v) is 58.5. The summed E-state index contributed by atoms with van der Waals surface area (Å²) in [7, 11) is 0. The van der Waals surface area contributed by atoms with Gasteiger partial charge in [0.2, 0.25) is 65.0 Å². The summed E-state index contributed by atoms with van der Waals surface area (Å²) in [6, 6.07) is -9.21. The molecule has 34 nitrogen and oxygen atoms in total. The van der Waals surface area contributed by atoms with Crippen LogP contribution in [0.3, 0.4) is 0 Å².